The third kappa shape index (κ3) is 4.00. The molecule has 0 spiro atoms. The summed E-state index contributed by atoms with van der Waals surface area (Å²) in [6, 6.07) is 27.9. The van der Waals surface area contributed by atoms with Gasteiger partial charge in [-0.3, -0.25) is 10.1 Å². The molecule has 1 amide bonds. The van der Waals surface area contributed by atoms with Crippen LogP contribution in [-0.2, 0) is 0 Å². The van der Waals surface area contributed by atoms with Crippen molar-refractivity contribution in [1.82, 2.24) is 10.2 Å². The molecule has 4 rings (SSSR count). The molecule has 0 aliphatic heterocycles. The van der Waals surface area contributed by atoms with Gasteiger partial charge in [-0.2, -0.15) is 0 Å². The lowest BCUT2D eigenvalue weighted by atomic mass is 9.92. The van der Waals surface area contributed by atoms with Crippen molar-refractivity contribution in [2.75, 3.05) is 5.32 Å². The van der Waals surface area contributed by atoms with Gasteiger partial charge in [-0.1, -0.05) is 89.7 Å². The summed E-state index contributed by atoms with van der Waals surface area (Å²) in [6.07, 6.45) is 0. The maximum atomic E-state index is 12.5. The van der Waals surface area contributed by atoms with Crippen molar-refractivity contribution >= 4 is 22.4 Å². The number of benzene rings is 3. The highest BCUT2D eigenvalue weighted by molar-refractivity contribution is 7.15. The first-order valence-corrected chi connectivity index (χ1v) is 9.83. The molecule has 0 radical (unpaired) electrons. The topological polar surface area (TPSA) is 54.9 Å². The molecule has 0 saturated carbocycles. The van der Waals surface area contributed by atoms with Gasteiger partial charge in [0.25, 0.3) is 5.91 Å². The van der Waals surface area contributed by atoms with Gasteiger partial charge in [-0.15, -0.1) is 10.2 Å². The average molecular weight is 385 g/mol. The monoisotopic (exact) mass is 385 g/mol. The van der Waals surface area contributed by atoms with Crippen molar-refractivity contribution in [1.29, 1.82) is 0 Å². The Morgan fingerprint density at radius 2 is 1.39 bits per heavy atom. The van der Waals surface area contributed by atoms with Crippen LogP contribution in [0.4, 0.5) is 5.13 Å². The Labute approximate surface area is 167 Å². The first-order chi connectivity index (χ1) is 13.7. The predicted molar refractivity (Wildman–Crippen MR) is 113 cm³/mol. The molecular formula is C23H19N3OS. The largest absolute Gasteiger partial charge is 0.296 e. The molecule has 1 N–H and O–H groups in total. The van der Waals surface area contributed by atoms with Crippen molar-refractivity contribution in [2.24, 2.45) is 0 Å². The summed E-state index contributed by atoms with van der Waals surface area (Å²) < 4.78 is 0. The van der Waals surface area contributed by atoms with Gasteiger partial charge < -0.3 is 0 Å². The van der Waals surface area contributed by atoms with Crippen LogP contribution in [0.5, 0.6) is 0 Å². The van der Waals surface area contributed by atoms with E-state index in [2.05, 4.69) is 39.8 Å². The maximum Gasteiger partial charge on any atom is 0.257 e. The van der Waals surface area contributed by atoms with Crippen molar-refractivity contribution in [3.63, 3.8) is 0 Å². The Hall–Kier alpha value is -3.31. The summed E-state index contributed by atoms with van der Waals surface area (Å²) in [5.41, 5.74) is 4.00. The molecule has 138 valence electrons. The van der Waals surface area contributed by atoms with Crippen molar-refractivity contribution in [2.45, 2.75) is 12.8 Å². The number of aryl methyl sites for hydroxylation is 1. The van der Waals surface area contributed by atoms with E-state index in [0.29, 0.717) is 10.7 Å². The molecule has 4 nitrogen and oxygen atoms in total. The van der Waals surface area contributed by atoms with E-state index in [9.17, 15) is 4.79 Å². The Morgan fingerprint density at radius 3 is 1.96 bits per heavy atom. The van der Waals surface area contributed by atoms with Crippen LogP contribution in [-0.4, -0.2) is 16.1 Å². The molecule has 3 aromatic carbocycles. The highest BCUT2D eigenvalue weighted by atomic mass is 32.1. The lowest BCUT2D eigenvalue weighted by molar-refractivity contribution is 0.102. The van der Waals surface area contributed by atoms with Crippen molar-refractivity contribution in [3.05, 3.63) is 112 Å². The number of nitrogens with one attached hydrogen (secondary N) is 1. The van der Waals surface area contributed by atoms with Gasteiger partial charge >= 0.3 is 0 Å². The van der Waals surface area contributed by atoms with Crippen molar-refractivity contribution in [3.8, 4) is 0 Å². The van der Waals surface area contributed by atoms with Gasteiger partial charge in [-0.05, 0) is 30.2 Å². The second-order valence-corrected chi connectivity index (χ2v) is 7.53. The summed E-state index contributed by atoms with van der Waals surface area (Å²) in [5.74, 6) is -0.205. The minimum Gasteiger partial charge on any atom is -0.296 e. The van der Waals surface area contributed by atoms with Crippen LogP contribution in [0, 0.1) is 6.92 Å². The van der Waals surface area contributed by atoms with E-state index in [4.69, 9.17) is 0 Å². The van der Waals surface area contributed by atoms with Crippen LogP contribution in [0.15, 0.2) is 84.9 Å². The molecule has 5 heteroatoms. The van der Waals surface area contributed by atoms with Crippen molar-refractivity contribution < 1.29 is 4.79 Å². The number of rotatable bonds is 5. The minimum atomic E-state index is -0.182. The molecular weight excluding hydrogens is 366 g/mol. The molecule has 0 fully saturated rings. The normalized spacial score (nSPS) is 10.8. The molecule has 0 aliphatic carbocycles. The summed E-state index contributed by atoms with van der Waals surface area (Å²) in [4.78, 5) is 12.5. The van der Waals surface area contributed by atoms with Crippen LogP contribution < -0.4 is 5.32 Å². The Bertz CT molecular complexity index is 1020. The Balaban J connectivity index is 1.62. The number of carbonyl (C=O) groups is 1. The summed E-state index contributed by atoms with van der Waals surface area (Å²) in [5, 5.41) is 12.8. The molecule has 0 saturated heterocycles. The highest BCUT2D eigenvalue weighted by Gasteiger charge is 2.21. The van der Waals surface area contributed by atoms with E-state index in [1.165, 1.54) is 11.3 Å². The van der Waals surface area contributed by atoms with E-state index in [1.54, 1.807) is 0 Å². The Morgan fingerprint density at radius 1 is 0.821 bits per heavy atom. The van der Waals surface area contributed by atoms with Gasteiger partial charge in [0, 0.05) is 5.56 Å². The maximum absolute atomic E-state index is 12.5. The van der Waals surface area contributed by atoms with E-state index < -0.39 is 0 Å². The van der Waals surface area contributed by atoms with E-state index in [0.717, 1.165) is 21.7 Å². The highest BCUT2D eigenvalue weighted by Crippen LogP contribution is 2.34. The molecule has 0 aliphatic rings. The standard InChI is InChI=1S/C23H19N3OS/c1-16-12-14-19(15-13-16)21(27)24-23-26-25-22(28-23)20(17-8-4-2-5-9-17)18-10-6-3-7-11-18/h2-15,20H,1H3,(H,24,26,27). The van der Waals surface area contributed by atoms with E-state index >= 15 is 0 Å². The fourth-order valence-electron chi connectivity index (χ4n) is 3.04. The quantitative estimate of drug-likeness (QED) is 0.508. The zero-order valence-electron chi connectivity index (χ0n) is 15.4. The number of nitrogens with zero attached hydrogens (tertiary/aromatic N) is 2. The number of aromatic nitrogens is 2. The number of anilines is 1. The molecule has 1 aromatic heterocycles. The predicted octanol–water partition coefficient (Wildman–Crippen LogP) is 5.28. The fourth-order valence-corrected chi connectivity index (χ4v) is 3.94. The van der Waals surface area contributed by atoms with E-state index in [-0.39, 0.29) is 11.8 Å². The fraction of sp³-hybridized carbons (Fsp3) is 0.0870. The van der Waals surface area contributed by atoms with Crippen LogP contribution in [0.25, 0.3) is 0 Å². The summed E-state index contributed by atoms with van der Waals surface area (Å²) >= 11 is 1.40. The molecule has 0 bridgehead atoms. The first-order valence-electron chi connectivity index (χ1n) is 9.02. The first kappa shape index (κ1) is 18.1. The number of carbonyl (C=O) groups excluding carboxylic acids is 1. The second-order valence-electron chi connectivity index (χ2n) is 6.52. The smallest absolute Gasteiger partial charge is 0.257 e. The van der Waals surface area contributed by atoms with Crippen LogP contribution in [0.2, 0.25) is 0 Å². The SMILES string of the molecule is Cc1ccc(C(=O)Nc2nnc(C(c3ccccc3)c3ccccc3)s2)cc1. The zero-order chi connectivity index (χ0) is 19.3. The molecule has 28 heavy (non-hydrogen) atoms. The van der Waals surface area contributed by atoms with Gasteiger partial charge in [0.15, 0.2) is 0 Å². The average Bonchev–Trinajstić information content (AvgIpc) is 3.18. The van der Waals surface area contributed by atoms with Gasteiger partial charge in [0.2, 0.25) is 5.13 Å². The molecule has 0 atom stereocenters. The third-order valence-electron chi connectivity index (χ3n) is 4.49. The van der Waals surface area contributed by atoms with Gasteiger partial charge in [0.1, 0.15) is 5.01 Å². The minimum absolute atomic E-state index is 0.0232. The summed E-state index contributed by atoms with van der Waals surface area (Å²) in [7, 11) is 0. The Kier molecular flexibility index (Phi) is 5.26. The van der Waals surface area contributed by atoms with Crippen LogP contribution in [0.3, 0.4) is 0 Å². The van der Waals surface area contributed by atoms with Gasteiger partial charge in [0.05, 0.1) is 5.92 Å². The van der Waals surface area contributed by atoms with Crippen LogP contribution >= 0.6 is 11.3 Å². The lowest BCUT2D eigenvalue weighted by Crippen LogP contribution is -2.11. The molecule has 4 aromatic rings. The van der Waals surface area contributed by atoms with Gasteiger partial charge in [-0.25, -0.2) is 0 Å². The number of hydrogen-bond acceptors (Lipinski definition) is 4. The number of amides is 1. The lowest BCUT2D eigenvalue weighted by Gasteiger charge is -2.14. The summed E-state index contributed by atoms with van der Waals surface area (Å²) in [6.45, 7) is 1.99. The zero-order valence-corrected chi connectivity index (χ0v) is 16.2. The van der Waals surface area contributed by atoms with E-state index in [1.807, 2.05) is 67.6 Å². The molecule has 0 unspecified atom stereocenters. The third-order valence-corrected chi connectivity index (χ3v) is 5.39. The number of hydrogen-bond donors (Lipinski definition) is 1. The van der Waals surface area contributed by atoms with Crippen LogP contribution in [0.1, 0.15) is 38.0 Å². The second kappa shape index (κ2) is 8.15. The molecule has 1 heterocycles.